The fourth-order valence-corrected chi connectivity index (χ4v) is 6.50. The van der Waals surface area contributed by atoms with Gasteiger partial charge in [0.1, 0.15) is 11.5 Å². The molecule has 0 radical (unpaired) electrons. The quantitative estimate of drug-likeness (QED) is 0.467. The van der Waals surface area contributed by atoms with Crippen molar-refractivity contribution in [3.63, 3.8) is 0 Å². The van der Waals surface area contributed by atoms with Crippen LogP contribution in [0.3, 0.4) is 0 Å². The van der Waals surface area contributed by atoms with Gasteiger partial charge in [0.25, 0.3) is 0 Å². The maximum atomic E-state index is 5.84. The van der Waals surface area contributed by atoms with Gasteiger partial charge in [-0.2, -0.15) is 0 Å². The molecule has 0 saturated carbocycles. The van der Waals surface area contributed by atoms with E-state index in [-0.39, 0.29) is 11.6 Å². The number of hydrogen-bond donors (Lipinski definition) is 1. The summed E-state index contributed by atoms with van der Waals surface area (Å²) in [6, 6.07) is 17.3. The molecule has 188 valence electrons. The Bertz CT molecular complexity index is 1240. The van der Waals surface area contributed by atoms with Crippen LogP contribution in [0.1, 0.15) is 30.0 Å². The van der Waals surface area contributed by atoms with Gasteiger partial charge < -0.3 is 14.2 Å². The molecule has 5 heterocycles. The molecule has 0 aliphatic carbocycles. The summed E-state index contributed by atoms with van der Waals surface area (Å²) in [5.74, 6) is 2.97. The van der Waals surface area contributed by atoms with Crippen molar-refractivity contribution in [3.8, 4) is 11.5 Å². The van der Waals surface area contributed by atoms with Crippen LogP contribution < -0.4 is 14.8 Å². The molecular weight excluding hydrogens is 450 g/mol. The number of fused-ring (bicyclic) bond motifs is 4. The lowest BCUT2D eigenvalue weighted by Gasteiger charge is -2.54. The first-order valence-electron chi connectivity index (χ1n) is 12.9. The van der Waals surface area contributed by atoms with E-state index in [1.807, 2.05) is 24.4 Å². The Morgan fingerprint density at radius 3 is 2.53 bits per heavy atom. The number of rotatable bonds is 8. The fraction of sp³-hybridized carbons (Fsp3) is 0.433. The lowest BCUT2D eigenvalue weighted by atomic mass is 9.72. The fourth-order valence-electron chi connectivity index (χ4n) is 6.50. The van der Waals surface area contributed by atoms with Crippen molar-refractivity contribution in [2.24, 2.45) is 11.8 Å². The highest BCUT2D eigenvalue weighted by molar-refractivity contribution is 5.84. The smallest absolute Gasteiger partial charge is 0.119 e. The molecule has 6 heteroatoms. The molecule has 0 spiro atoms. The van der Waals surface area contributed by atoms with Crippen molar-refractivity contribution < 1.29 is 14.2 Å². The van der Waals surface area contributed by atoms with E-state index in [0.717, 1.165) is 41.9 Å². The molecule has 36 heavy (non-hydrogen) atoms. The normalized spacial score (nSPS) is 27.3. The minimum atomic E-state index is -0.249. The monoisotopic (exact) mass is 485 g/mol. The Balaban J connectivity index is 1.44. The second-order valence-corrected chi connectivity index (χ2v) is 10.5. The van der Waals surface area contributed by atoms with Gasteiger partial charge in [0.15, 0.2) is 0 Å². The van der Waals surface area contributed by atoms with Crippen molar-refractivity contribution in [2.75, 3.05) is 40.5 Å². The SMILES string of the molecule is C=CC1CN2CCC1CC2[C@@H](NC1(c2ccc(OC)cc2)COC1)c1ccnc2ccc(OC)cc12. The lowest BCUT2D eigenvalue weighted by Crippen LogP contribution is -2.63. The zero-order valence-electron chi connectivity index (χ0n) is 21.2. The topological polar surface area (TPSA) is 55.9 Å². The Morgan fingerprint density at radius 1 is 1.11 bits per heavy atom. The van der Waals surface area contributed by atoms with E-state index in [0.29, 0.717) is 31.1 Å². The summed E-state index contributed by atoms with van der Waals surface area (Å²) in [6.07, 6.45) is 6.51. The minimum Gasteiger partial charge on any atom is -0.497 e. The van der Waals surface area contributed by atoms with E-state index in [2.05, 4.69) is 58.2 Å². The van der Waals surface area contributed by atoms with E-state index in [1.165, 1.54) is 17.5 Å². The first-order chi connectivity index (χ1) is 17.6. The van der Waals surface area contributed by atoms with Crippen LogP contribution in [0.4, 0.5) is 0 Å². The van der Waals surface area contributed by atoms with Crippen LogP contribution in [0.15, 0.2) is 67.4 Å². The molecule has 0 amide bonds. The van der Waals surface area contributed by atoms with Crippen LogP contribution in [0.5, 0.6) is 11.5 Å². The first-order valence-corrected chi connectivity index (χ1v) is 12.9. The number of nitrogens with one attached hydrogen (secondary N) is 1. The largest absolute Gasteiger partial charge is 0.497 e. The molecule has 2 bridgehead atoms. The van der Waals surface area contributed by atoms with Crippen LogP contribution >= 0.6 is 0 Å². The average molecular weight is 486 g/mol. The van der Waals surface area contributed by atoms with E-state index >= 15 is 0 Å². The molecule has 4 saturated heterocycles. The summed E-state index contributed by atoms with van der Waals surface area (Å²) in [4.78, 5) is 7.36. The van der Waals surface area contributed by atoms with Gasteiger partial charge in [-0.05, 0) is 78.7 Å². The molecule has 3 aromatic rings. The summed E-state index contributed by atoms with van der Waals surface area (Å²) >= 11 is 0. The molecule has 5 atom stereocenters. The zero-order valence-corrected chi connectivity index (χ0v) is 21.2. The van der Waals surface area contributed by atoms with E-state index < -0.39 is 0 Å². The Hall–Kier alpha value is -2.93. The van der Waals surface area contributed by atoms with Gasteiger partial charge in [0, 0.05) is 30.2 Å². The van der Waals surface area contributed by atoms with Gasteiger partial charge in [-0.1, -0.05) is 18.2 Å². The van der Waals surface area contributed by atoms with Crippen LogP contribution in [0, 0.1) is 11.8 Å². The Kier molecular flexibility index (Phi) is 6.20. The molecule has 4 unspecified atom stereocenters. The van der Waals surface area contributed by atoms with Crippen LogP contribution in [0.25, 0.3) is 10.9 Å². The van der Waals surface area contributed by atoms with Gasteiger partial charge in [-0.3, -0.25) is 15.2 Å². The molecule has 4 aliphatic rings. The van der Waals surface area contributed by atoms with Gasteiger partial charge in [-0.25, -0.2) is 0 Å². The van der Waals surface area contributed by atoms with Crippen LogP contribution in [0.2, 0.25) is 0 Å². The number of piperidine rings is 3. The van der Waals surface area contributed by atoms with Crippen molar-refractivity contribution in [1.82, 2.24) is 15.2 Å². The number of nitrogens with zero attached hydrogens (tertiary/aromatic N) is 2. The third-order valence-electron chi connectivity index (χ3n) is 8.63. The highest BCUT2D eigenvalue weighted by Gasteiger charge is 2.48. The Morgan fingerprint density at radius 2 is 1.89 bits per heavy atom. The maximum absolute atomic E-state index is 5.84. The van der Waals surface area contributed by atoms with Crippen molar-refractivity contribution >= 4 is 10.9 Å². The van der Waals surface area contributed by atoms with E-state index in [1.54, 1.807) is 14.2 Å². The summed E-state index contributed by atoms with van der Waals surface area (Å²) in [5.41, 5.74) is 3.24. The lowest BCUT2D eigenvalue weighted by molar-refractivity contribution is -0.0956. The number of methoxy groups -OCH3 is 2. The second-order valence-electron chi connectivity index (χ2n) is 10.5. The number of hydrogen-bond acceptors (Lipinski definition) is 6. The molecule has 1 N–H and O–H groups in total. The summed E-state index contributed by atoms with van der Waals surface area (Å²) in [7, 11) is 3.43. The number of aromatic nitrogens is 1. The average Bonchev–Trinajstić information content (AvgIpc) is 2.92. The molecule has 7 rings (SSSR count). The second kappa shape index (κ2) is 9.51. The predicted octanol–water partition coefficient (Wildman–Crippen LogP) is 4.70. The highest BCUT2D eigenvalue weighted by Crippen LogP contribution is 2.44. The predicted molar refractivity (Wildman–Crippen MR) is 141 cm³/mol. The van der Waals surface area contributed by atoms with Gasteiger partial charge in [0.05, 0.1) is 38.5 Å². The first kappa shape index (κ1) is 23.5. The van der Waals surface area contributed by atoms with Gasteiger partial charge in [-0.15, -0.1) is 6.58 Å². The molecule has 1 aromatic heterocycles. The maximum Gasteiger partial charge on any atom is 0.119 e. The van der Waals surface area contributed by atoms with Crippen LogP contribution in [-0.2, 0) is 10.3 Å². The summed E-state index contributed by atoms with van der Waals surface area (Å²) in [5, 5.41) is 5.29. The third-order valence-corrected chi connectivity index (χ3v) is 8.63. The van der Waals surface area contributed by atoms with Gasteiger partial charge >= 0.3 is 0 Å². The number of pyridine rings is 1. The third kappa shape index (κ3) is 3.97. The number of ether oxygens (including phenoxy) is 3. The Labute approximate surface area is 213 Å². The molecule has 2 aromatic carbocycles. The van der Waals surface area contributed by atoms with Gasteiger partial charge in [0.2, 0.25) is 0 Å². The van der Waals surface area contributed by atoms with E-state index in [9.17, 15) is 0 Å². The summed E-state index contributed by atoms with van der Waals surface area (Å²) in [6.45, 7) is 7.64. The summed E-state index contributed by atoms with van der Waals surface area (Å²) < 4.78 is 16.9. The number of benzene rings is 2. The molecule has 6 nitrogen and oxygen atoms in total. The minimum absolute atomic E-state index is 0.113. The standard InChI is InChI=1S/C30H35N3O3/c1-4-20-17-33-14-12-21(20)15-28(33)29(25-11-13-31-27-10-9-24(35-3)16-26(25)27)32-30(18-36-19-30)22-5-7-23(34-2)8-6-22/h4-11,13,16,20-21,28-29,32H,1,12,14-15,17-19H2,2-3H3/t20?,21?,28?,29-/m0/s1. The van der Waals surface area contributed by atoms with Crippen molar-refractivity contribution in [2.45, 2.75) is 30.5 Å². The highest BCUT2D eigenvalue weighted by atomic mass is 16.5. The van der Waals surface area contributed by atoms with E-state index in [4.69, 9.17) is 14.2 Å². The molecule has 4 fully saturated rings. The van der Waals surface area contributed by atoms with Crippen molar-refractivity contribution in [1.29, 1.82) is 0 Å². The zero-order chi connectivity index (χ0) is 24.7. The molecular formula is C30H35N3O3. The van der Waals surface area contributed by atoms with Crippen molar-refractivity contribution in [3.05, 3.63) is 78.5 Å². The molecule has 4 aliphatic heterocycles. The van der Waals surface area contributed by atoms with Crippen LogP contribution in [-0.4, -0.2) is 56.4 Å².